The highest BCUT2D eigenvalue weighted by Crippen LogP contribution is 2.37. The van der Waals surface area contributed by atoms with Gasteiger partial charge in [-0.25, -0.2) is 15.0 Å². The lowest BCUT2D eigenvalue weighted by Gasteiger charge is -2.46. The Bertz CT molecular complexity index is 1310. The van der Waals surface area contributed by atoms with E-state index in [9.17, 15) is 0 Å². The van der Waals surface area contributed by atoms with E-state index in [1.165, 1.54) is 5.56 Å². The van der Waals surface area contributed by atoms with Gasteiger partial charge < -0.3 is 20.3 Å². The van der Waals surface area contributed by atoms with Crippen molar-refractivity contribution in [2.24, 2.45) is 0 Å². The van der Waals surface area contributed by atoms with Gasteiger partial charge in [0.15, 0.2) is 11.6 Å². The van der Waals surface area contributed by atoms with E-state index in [2.05, 4.69) is 62.6 Å². The average molecular weight is 454 g/mol. The molecule has 2 N–H and O–H groups in total. The van der Waals surface area contributed by atoms with E-state index < -0.39 is 0 Å². The first-order chi connectivity index (χ1) is 16.4. The van der Waals surface area contributed by atoms with E-state index in [0.717, 1.165) is 71.6 Å². The molecule has 3 aliphatic heterocycles. The lowest BCUT2D eigenvalue weighted by Crippen LogP contribution is -2.56. The van der Waals surface area contributed by atoms with Gasteiger partial charge in [0.2, 0.25) is 5.95 Å². The van der Waals surface area contributed by atoms with E-state index in [0.29, 0.717) is 17.9 Å². The van der Waals surface area contributed by atoms with Gasteiger partial charge in [0, 0.05) is 60.9 Å². The monoisotopic (exact) mass is 453 g/mol. The van der Waals surface area contributed by atoms with Crippen LogP contribution >= 0.6 is 0 Å². The Kier molecular flexibility index (Phi) is 4.77. The first kappa shape index (κ1) is 20.7. The quantitative estimate of drug-likeness (QED) is 0.596. The van der Waals surface area contributed by atoms with Crippen LogP contribution in [0.5, 0.6) is 5.75 Å². The van der Waals surface area contributed by atoms with Crippen molar-refractivity contribution in [1.29, 1.82) is 0 Å². The minimum atomic E-state index is 0.468. The maximum Gasteiger partial charge on any atom is 0.228 e. The van der Waals surface area contributed by atoms with Crippen molar-refractivity contribution >= 4 is 23.2 Å². The molecule has 0 bridgehead atoms. The summed E-state index contributed by atoms with van der Waals surface area (Å²) in [5, 5.41) is 6.37. The number of likely N-dealkylation sites (tertiary alicyclic amines) is 1. The number of rotatable bonds is 5. The molecule has 0 radical (unpaired) electrons. The number of hydrogen-bond acceptors (Lipinski definition) is 8. The molecule has 0 spiro atoms. The Morgan fingerprint density at radius 1 is 1.15 bits per heavy atom. The van der Waals surface area contributed by atoms with Gasteiger partial charge in [-0.2, -0.15) is 0 Å². The largest absolute Gasteiger partial charge is 0.439 e. The van der Waals surface area contributed by atoms with Crippen molar-refractivity contribution < 1.29 is 4.74 Å². The summed E-state index contributed by atoms with van der Waals surface area (Å²) < 4.78 is 5.63. The van der Waals surface area contributed by atoms with Crippen molar-refractivity contribution in [3.05, 3.63) is 83.6 Å². The van der Waals surface area contributed by atoms with E-state index in [1.807, 2.05) is 31.3 Å². The van der Waals surface area contributed by atoms with Gasteiger partial charge in [0.1, 0.15) is 5.82 Å². The first-order valence-electron chi connectivity index (χ1n) is 11.4. The molecule has 0 atom stereocenters. The van der Waals surface area contributed by atoms with Crippen molar-refractivity contribution in [3.8, 4) is 5.75 Å². The molecule has 6 rings (SSSR count). The molecule has 5 heterocycles. The van der Waals surface area contributed by atoms with Crippen LogP contribution < -0.4 is 15.4 Å². The maximum absolute atomic E-state index is 5.63. The highest BCUT2D eigenvalue weighted by molar-refractivity contribution is 5.72. The number of nitrogens with one attached hydrogen (secondary N) is 2. The molecule has 3 aliphatic rings. The third-order valence-corrected chi connectivity index (χ3v) is 6.60. The summed E-state index contributed by atoms with van der Waals surface area (Å²) in [6.45, 7) is 15.8. The molecule has 0 amide bonds. The SMILES string of the molecule is C=C1Nc2ccc(C(=C)N3CC(N4Cc5cnc(Nc6cc(C)cc(C)n6)nc5C4)C3)cc2O1. The lowest BCUT2D eigenvalue weighted by atomic mass is 10.0. The predicted molar refractivity (Wildman–Crippen MR) is 133 cm³/mol. The molecular formula is C26H27N7O. The smallest absolute Gasteiger partial charge is 0.228 e. The Morgan fingerprint density at radius 3 is 2.82 bits per heavy atom. The van der Waals surface area contributed by atoms with Gasteiger partial charge in [-0.05, 0) is 50.3 Å². The summed E-state index contributed by atoms with van der Waals surface area (Å²) >= 11 is 0. The average Bonchev–Trinajstić information content (AvgIpc) is 3.33. The second kappa shape index (κ2) is 7.85. The molecule has 0 unspecified atom stereocenters. The third-order valence-electron chi connectivity index (χ3n) is 6.60. The fraction of sp³-hybridized carbons (Fsp3) is 0.269. The van der Waals surface area contributed by atoms with E-state index in [-0.39, 0.29) is 0 Å². The Hall–Kier alpha value is -3.91. The molecule has 8 heteroatoms. The Balaban J connectivity index is 1.08. The van der Waals surface area contributed by atoms with Crippen LogP contribution in [-0.2, 0) is 13.1 Å². The van der Waals surface area contributed by atoms with Gasteiger partial charge in [-0.15, -0.1) is 0 Å². The minimum Gasteiger partial charge on any atom is -0.439 e. The van der Waals surface area contributed by atoms with Crippen LogP contribution in [0.4, 0.5) is 17.5 Å². The summed E-state index contributed by atoms with van der Waals surface area (Å²) in [5.74, 6) is 2.73. The van der Waals surface area contributed by atoms with E-state index >= 15 is 0 Å². The molecule has 172 valence electrons. The lowest BCUT2D eigenvalue weighted by molar-refractivity contribution is 0.0712. The molecule has 1 fully saturated rings. The molecule has 1 aromatic carbocycles. The number of fused-ring (bicyclic) bond motifs is 2. The van der Waals surface area contributed by atoms with Crippen LogP contribution in [0.3, 0.4) is 0 Å². The fourth-order valence-corrected chi connectivity index (χ4v) is 4.80. The maximum atomic E-state index is 5.63. The fourth-order valence-electron chi connectivity index (χ4n) is 4.80. The van der Waals surface area contributed by atoms with E-state index in [4.69, 9.17) is 9.72 Å². The molecule has 3 aromatic rings. The van der Waals surface area contributed by atoms with Gasteiger partial charge in [0.25, 0.3) is 0 Å². The predicted octanol–water partition coefficient (Wildman–Crippen LogP) is 4.18. The third kappa shape index (κ3) is 3.76. The summed E-state index contributed by atoms with van der Waals surface area (Å²) in [6, 6.07) is 10.6. The first-order valence-corrected chi connectivity index (χ1v) is 11.4. The summed E-state index contributed by atoms with van der Waals surface area (Å²) in [6.07, 6.45) is 1.94. The number of aromatic nitrogens is 3. The number of aryl methyl sites for hydroxylation is 2. The topological polar surface area (TPSA) is 78.4 Å². The van der Waals surface area contributed by atoms with Gasteiger partial charge in [-0.3, -0.25) is 4.90 Å². The van der Waals surface area contributed by atoms with Crippen molar-refractivity contribution in [2.45, 2.75) is 33.0 Å². The Labute approximate surface area is 199 Å². The second-order valence-electron chi connectivity index (χ2n) is 9.23. The van der Waals surface area contributed by atoms with Gasteiger partial charge in [0.05, 0.1) is 11.4 Å². The zero-order chi connectivity index (χ0) is 23.4. The number of benzene rings is 1. The minimum absolute atomic E-state index is 0.468. The Morgan fingerprint density at radius 2 is 2.00 bits per heavy atom. The van der Waals surface area contributed by atoms with Crippen molar-refractivity contribution in [1.82, 2.24) is 24.8 Å². The van der Waals surface area contributed by atoms with Crippen LogP contribution in [0.2, 0.25) is 0 Å². The highest BCUT2D eigenvalue weighted by atomic mass is 16.5. The second-order valence-corrected chi connectivity index (χ2v) is 9.23. The number of anilines is 3. The van der Waals surface area contributed by atoms with Crippen LogP contribution in [0.15, 0.2) is 55.6 Å². The summed E-state index contributed by atoms with van der Waals surface area (Å²) in [7, 11) is 0. The normalized spacial score (nSPS) is 17.0. The van der Waals surface area contributed by atoms with Crippen molar-refractivity contribution in [3.63, 3.8) is 0 Å². The summed E-state index contributed by atoms with van der Waals surface area (Å²) in [4.78, 5) is 18.6. The number of nitrogens with zero attached hydrogens (tertiary/aromatic N) is 5. The molecule has 8 nitrogen and oxygen atoms in total. The number of hydrogen-bond donors (Lipinski definition) is 2. The van der Waals surface area contributed by atoms with E-state index in [1.54, 1.807) is 0 Å². The summed E-state index contributed by atoms with van der Waals surface area (Å²) in [5.41, 5.74) is 7.45. The number of pyridine rings is 1. The van der Waals surface area contributed by atoms with Crippen LogP contribution in [0.25, 0.3) is 5.70 Å². The van der Waals surface area contributed by atoms with Crippen LogP contribution in [0, 0.1) is 13.8 Å². The van der Waals surface area contributed by atoms with Crippen molar-refractivity contribution in [2.75, 3.05) is 23.7 Å². The standard InChI is InChI=1S/C26H27N7O/c1-15-7-16(2)28-25(8-15)31-26-27-10-20-11-33(14-23(20)30-26)21-12-32(13-21)17(3)19-5-6-22-24(9-19)34-18(4)29-22/h5-10,21,29H,3-4,11-14H2,1-2H3,(H,27,28,30,31). The molecule has 0 saturated carbocycles. The van der Waals surface area contributed by atoms with Crippen LogP contribution in [0.1, 0.15) is 28.1 Å². The highest BCUT2D eigenvalue weighted by Gasteiger charge is 2.36. The molecule has 0 aliphatic carbocycles. The van der Waals surface area contributed by atoms with Gasteiger partial charge >= 0.3 is 0 Å². The zero-order valence-corrected chi connectivity index (χ0v) is 19.4. The molecule has 2 aromatic heterocycles. The number of ether oxygens (including phenoxy) is 1. The van der Waals surface area contributed by atoms with Gasteiger partial charge in [-0.1, -0.05) is 12.6 Å². The molecule has 1 saturated heterocycles. The molecular weight excluding hydrogens is 426 g/mol. The zero-order valence-electron chi connectivity index (χ0n) is 19.4. The van der Waals surface area contributed by atoms with Crippen LogP contribution in [-0.4, -0.2) is 43.9 Å². The molecule has 34 heavy (non-hydrogen) atoms.